The minimum atomic E-state index is -5.10. The molecule has 0 aliphatic carbocycles. The first kappa shape index (κ1) is 59.6. The maximum atomic E-state index is 11.7. The molecule has 22 aliphatic rings. The lowest BCUT2D eigenvalue weighted by Crippen LogP contribution is -2.69. The lowest BCUT2D eigenvalue weighted by Gasteiger charge is -2.51. The van der Waals surface area contributed by atoms with Gasteiger partial charge in [-0.15, -0.1) is 0 Å². The van der Waals surface area contributed by atoms with Gasteiger partial charge in [-0.05, 0) is 0 Å². The van der Waals surface area contributed by atoms with E-state index in [1.807, 2.05) is 0 Å². The molecule has 0 aromatic heterocycles. The van der Waals surface area contributed by atoms with Crippen molar-refractivity contribution in [3.63, 3.8) is 0 Å². The third-order valence-corrected chi connectivity index (χ3v) is 13.8. The summed E-state index contributed by atoms with van der Waals surface area (Å²) in [5.41, 5.74) is 0. The van der Waals surface area contributed by atoms with Gasteiger partial charge in [0.15, 0.2) is 37.7 Å². The Labute approximate surface area is 411 Å². The van der Waals surface area contributed by atoms with Crippen molar-refractivity contribution in [1.29, 1.82) is 0 Å². The van der Waals surface area contributed by atoms with Crippen LogP contribution in [0.25, 0.3) is 0 Å². The maximum absolute atomic E-state index is 11.7. The number of rotatable bonds is 11. The molecule has 22 saturated heterocycles. The molecule has 22 heterocycles. The van der Waals surface area contributed by atoms with Crippen molar-refractivity contribution in [1.82, 2.24) is 0 Å². The van der Waals surface area contributed by atoms with E-state index in [4.69, 9.17) is 61.6 Å². The number of hydrogen-bond acceptors (Lipinski definition) is 32. The number of phosphoric acid groups is 1. The first-order valence-corrected chi connectivity index (χ1v) is 24.5. The van der Waals surface area contributed by atoms with E-state index in [-0.39, 0.29) is 0 Å². The largest absolute Gasteiger partial charge is 0.469 e. The Morgan fingerprint density at radius 2 is 0.521 bits per heavy atom. The summed E-state index contributed by atoms with van der Waals surface area (Å²) in [5.74, 6) is 0. The van der Waals surface area contributed by atoms with Crippen LogP contribution in [0.1, 0.15) is 0 Å². The zero-order chi connectivity index (χ0) is 53.4. The lowest BCUT2D eigenvalue weighted by atomic mass is 9.94. The summed E-state index contributed by atoms with van der Waals surface area (Å²) in [6.45, 7) is -7.88. The molecule has 22 rings (SSSR count). The average molecular weight is 1100 g/mol. The van der Waals surface area contributed by atoms with Crippen molar-refractivity contribution in [2.24, 2.45) is 0 Å². The molecule has 12 bridgehead atoms. The minimum absolute atomic E-state index is 0.765. The van der Waals surface area contributed by atoms with Gasteiger partial charge in [0.1, 0.15) is 146 Å². The van der Waals surface area contributed by atoms with Crippen molar-refractivity contribution in [3.05, 3.63) is 0 Å². The molecule has 73 heavy (non-hydrogen) atoms. The fourth-order valence-corrected chi connectivity index (χ4v) is 9.76. The molecule has 22 fully saturated rings. The molecule has 35 heteroatoms. The van der Waals surface area contributed by atoms with Crippen LogP contribution in [0.2, 0.25) is 0 Å². The molecule has 0 unspecified atom stereocenters. The Kier molecular flexibility index (Phi) is 20.7. The molecule has 0 amide bonds. The van der Waals surface area contributed by atoms with Crippen LogP contribution in [0.3, 0.4) is 0 Å². The summed E-state index contributed by atoms with van der Waals surface area (Å²) < 4.78 is 90.2. The number of hydrogen-bond donors (Lipinski definition) is 19. The lowest BCUT2D eigenvalue weighted by molar-refractivity contribution is -0.405. The molecular weight excluding hydrogens is 1030 g/mol. The van der Waals surface area contributed by atoms with Crippen molar-refractivity contribution in [2.45, 2.75) is 184 Å². The highest BCUT2D eigenvalue weighted by atomic mass is 31.2. The van der Waals surface area contributed by atoms with E-state index in [0.29, 0.717) is 0 Å². The molecule has 0 radical (unpaired) electrons. The second kappa shape index (κ2) is 25.4. The van der Waals surface area contributed by atoms with E-state index < -0.39 is 245 Å². The van der Waals surface area contributed by atoms with Crippen molar-refractivity contribution in [2.75, 3.05) is 52.9 Å². The van der Waals surface area contributed by atoms with Gasteiger partial charge in [0, 0.05) is 0 Å². The predicted octanol–water partition coefficient (Wildman–Crippen LogP) is -12.9. The monoisotopic (exact) mass is 1100 g/mol. The predicted molar refractivity (Wildman–Crippen MR) is 218 cm³/mol. The van der Waals surface area contributed by atoms with E-state index in [1.165, 1.54) is 0 Å². The van der Waals surface area contributed by atoms with Gasteiger partial charge in [-0.1, -0.05) is 0 Å². The van der Waals surface area contributed by atoms with Gasteiger partial charge in [0.05, 0.1) is 52.9 Å². The Bertz CT molecular complexity index is 1740. The summed E-state index contributed by atoms with van der Waals surface area (Å²) in [4.78, 5) is 18.4. The van der Waals surface area contributed by atoms with Crippen LogP contribution < -0.4 is 0 Å². The Balaban J connectivity index is 1.22. The number of ether oxygens (including phenoxy) is 13. The highest BCUT2D eigenvalue weighted by Crippen LogP contribution is 2.39. The van der Waals surface area contributed by atoms with Crippen LogP contribution >= 0.6 is 7.82 Å². The Hall–Kier alpha value is -1.09. The molecule has 0 saturated carbocycles. The first-order valence-electron chi connectivity index (χ1n) is 22.9. The first-order chi connectivity index (χ1) is 34.6. The van der Waals surface area contributed by atoms with Gasteiger partial charge in [-0.2, -0.15) is 0 Å². The van der Waals surface area contributed by atoms with E-state index >= 15 is 0 Å². The summed E-state index contributed by atoms with van der Waals surface area (Å²) in [7, 11) is -5.10. The topological polar surface area (TPSA) is 531 Å². The minimum Gasteiger partial charge on any atom is -0.394 e. The number of phosphoric ester groups is 1. The van der Waals surface area contributed by atoms with Crippen LogP contribution in [-0.2, 0) is 70.7 Å². The maximum Gasteiger partial charge on any atom is 0.469 e. The van der Waals surface area contributed by atoms with Crippen molar-refractivity contribution >= 4 is 7.82 Å². The van der Waals surface area contributed by atoms with E-state index in [9.17, 15) is 101 Å². The number of aliphatic hydroxyl groups is 17. The van der Waals surface area contributed by atoms with E-state index in [1.54, 1.807) is 0 Å². The smallest absolute Gasteiger partial charge is 0.394 e. The Morgan fingerprint density at radius 1 is 0.301 bits per heavy atom. The second-order valence-electron chi connectivity index (χ2n) is 18.0. The van der Waals surface area contributed by atoms with Crippen LogP contribution in [0.15, 0.2) is 0 Å². The fraction of sp³-hybridized carbons (Fsp3) is 1.00. The van der Waals surface area contributed by atoms with E-state index in [0.717, 1.165) is 0 Å². The zero-order valence-electron chi connectivity index (χ0n) is 38.0. The molecule has 22 aliphatic heterocycles. The van der Waals surface area contributed by atoms with Gasteiger partial charge in [0.25, 0.3) is 0 Å². The van der Waals surface area contributed by atoms with Gasteiger partial charge in [-0.3, -0.25) is 4.52 Å². The summed E-state index contributed by atoms with van der Waals surface area (Å²) >= 11 is 0. The van der Waals surface area contributed by atoms with Crippen molar-refractivity contribution < 1.29 is 167 Å². The van der Waals surface area contributed by atoms with Gasteiger partial charge in [-0.25, -0.2) is 4.57 Å². The molecule has 0 aromatic rings. The quantitative estimate of drug-likeness (QED) is 0.0675. The molecule has 0 aromatic carbocycles. The summed E-state index contributed by atoms with van der Waals surface area (Å²) in [6.07, 6.45) is -59.8. The van der Waals surface area contributed by atoms with Crippen molar-refractivity contribution in [3.8, 4) is 0 Å². The third-order valence-electron chi connectivity index (χ3n) is 13.3. The molecular formula is C38H65O34P. The van der Waals surface area contributed by atoms with Gasteiger partial charge in [0.2, 0.25) is 0 Å². The van der Waals surface area contributed by atoms with E-state index in [2.05, 4.69) is 4.52 Å². The molecule has 0 spiro atoms. The number of aliphatic hydroxyl groups excluding tert-OH is 17. The standard InChI is InChI=1S/C38H65O34P/c39-3-9-26-15(45)20(50)33(61-9)68-27-10(4-40)63-35(22(52)17(27)47)70-29-12(6-42)65-37(24(54)19(29)49)72-31-14(8-44)66-38(25(55)32(31)59-1-2-60-73(56,57)58)71-30-13(7-43)64-36(23(53)18(30)48)69-28-11(5-41)62-34(67-26)21(51)16(28)46/h9-55H,1-8H2,(H2,56,57,58)/t9-,10-,11-,12-,13-,14-,15-,16-,17-,18-,19-,20-,21-,22-,23-,24-,25-,26-,27-,28-,29-,30-,31+,32-,33-,34-,35-,36-,37-,38-/m1/s1. The fourth-order valence-electron chi connectivity index (χ4n) is 9.44. The van der Waals surface area contributed by atoms with Crippen LogP contribution in [-0.4, -0.2) is 334 Å². The SMILES string of the molecule is O=P(O)(O)OCCO[C@@H]1[C@@H](O)[C@H]2O[C@H]3[C@H](O)[C@@H](O)[C@@H](O[C@H]4[C@H](O)[C@@H](O)[C@@H](O[C@H]5[C@H](O)[C@@H](O)[C@@H](O[C@H]6[C@H](O)[C@@H](O)[C@@H](O[C@H]7[C@H](O)[C@@H](O)[C@@H](O[C@H]1[C@@H](CO)O2)O[C@@H]7CO)O[C@@H]6CO)O[C@@H]5CO)O[C@@H]4CO)O[C@@H]3CO. The van der Waals surface area contributed by atoms with Crippen LogP contribution in [0, 0.1) is 0 Å². The van der Waals surface area contributed by atoms with Gasteiger partial charge >= 0.3 is 7.82 Å². The molecule has 426 valence electrons. The third kappa shape index (κ3) is 12.7. The van der Waals surface area contributed by atoms with Crippen LogP contribution in [0.5, 0.6) is 0 Å². The zero-order valence-corrected chi connectivity index (χ0v) is 38.9. The molecule has 30 atom stereocenters. The molecule has 19 N–H and O–H groups in total. The molecule has 34 nitrogen and oxygen atoms in total. The summed E-state index contributed by atoms with van der Waals surface area (Å²) in [5, 5.41) is 187. The van der Waals surface area contributed by atoms with Gasteiger partial charge < -0.3 is 158 Å². The highest BCUT2D eigenvalue weighted by molar-refractivity contribution is 7.46. The summed E-state index contributed by atoms with van der Waals surface area (Å²) in [6, 6.07) is 0. The van der Waals surface area contributed by atoms with Crippen LogP contribution in [0.4, 0.5) is 0 Å². The second-order valence-corrected chi connectivity index (χ2v) is 19.3. The highest BCUT2D eigenvalue weighted by Gasteiger charge is 2.59. The Morgan fingerprint density at radius 3 is 0.753 bits per heavy atom. The average Bonchev–Trinajstić information content (AvgIpc) is 3.36. The normalized spacial score (nSPS) is 51.4.